The molecular weight excluding hydrogens is 260 g/mol. The second kappa shape index (κ2) is 6.24. The molecule has 1 aliphatic heterocycles. The van der Waals surface area contributed by atoms with Crippen molar-refractivity contribution in [3.8, 4) is 0 Å². The first-order valence-electron chi connectivity index (χ1n) is 7.00. The zero-order chi connectivity index (χ0) is 15.5. The van der Waals surface area contributed by atoms with Crippen LogP contribution in [-0.2, 0) is 19.1 Å². The summed E-state index contributed by atoms with van der Waals surface area (Å²) in [5.41, 5.74) is -0.609. The van der Waals surface area contributed by atoms with Gasteiger partial charge in [-0.2, -0.15) is 0 Å². The van der Waals surface area contributed by atoms with Gasteiger partial charge in [-0.1, -0.05) is 6.92 Å². The van der Waals surface area contributed by atoms with E-state index >= 15 is 0 Å². The molecule has 1 unspecified atom stereocenters. The first-order valence-corrected chi connectivity index (χ1v) is 7.00. The highest BCUT2D eigenvalue weighted by molar-refractivity contribution is 6.35. The highest BCUT2D eigenvalue weighted by atomic mass is 16.6. The third-order valence-corrected chi connectivity index (χ3v) is 3.05. The van der Waals surface area contributed by atoms with Crippen LogP contribution >= 0.6 is 0 Å². The lowest BCUT2D eigenvalue weighted by Crippen LogP contribution is -2.58. The Hall–Kier alpha value is -1.59. The van der Waals surface area contributed by atoms with E-state index in [1.54, 1.807) is 27.7 Å². The maximum atomic E-state index is 12.0. The monoisotopic (exact) mass is 284 g/mol. The predicted octanol–water partition coefficient (Wildman–Crippen LogP) is 0.797. The molecule has 0 aliphatic carbocycles. The summed E-state index contributed by atoms with van der Waals surface area (Å²) < 4.78 is 5.25. The Labute approximate surface area is 120 Å². The minimum Gasteiger partial charge on any atom is -0.458 e. The SMILES string of the molecule is CCCN1CCN(C(C)C(=O)OC(C)(C)C)C(=O)C1=O. The number of hydrogen-bond donors (Lipinski definition) is 0. The van der Waals surface area contributed by atoms with E-state index in [2.05, 4.69) is 0 Å². The molecule has 6 heteroatoms. The van der Waals surface area contributed by atoms with Crippen molar-refractivity contribution in [2.24, 2.45) is 0 Å². The van der Waals surface area contributed by atoms with Gasteiger partial charge in [0.1, 0.15) is 11.6 Å². The molecule has 1 rings (SSSR count). The van der Waals surface area contributed by atoms with Crippen LogP contribution in [-0.4, -0.2) is 58.9 Å². The Morgan fingerprint density at radius 2 is 1.85 bits per heavy atom. The van der Waals surface area contributed by atoms with Crippen LogP contribution < -0.4 is 0 Å². The van der Waals surface area contributed by atoms with Crippen LogP contribution in [0.3, 0.4) is 0 Å². The normalized spacial score (nSPS) is 18.2. The number of ether oxygens (including phenoxy) is 1. The van der Waals surface area contributed by atoms with E-state index in [0.29, 0.717) is 19.6 Å². The summed E-state index contributed by atoms with van der Waals surface area (Å²) in [6, 6.07) is -0.741. The van der Waals surface area contributed by atoms with E-state index in [4.69, 9.17) is 4.74 Å². The van der Waals surface area contributed by atoms with E-state index in [9.17, 15) is 14.4 Å². The molecule has 0 bridgehead atoms. The molecule has 1 heterocycles. The first-order chi connectivity index (χ1) is 9.17. The van der Waals surface area contributed by atoms with Crippen LogP contribution in [0.4, 0.5) is 0 Å². The Morgan fingerprint density at radius 3 is 2.35 bits per heavy atom. The summed E-state index contributed by atoms with van der Waals surface area (Å²) in [6.07, 6.45) is 0.806. The van der Waals surface area contributed by atoms with Crippen LogP contribution in [0, 0.1) is 0 Å². The fraction of sp³-hybridized carbons (Fsp3) is 0.786. The van der Waals surface area contributed by atoms with Gasteiger partial charge in [0.15, 0.2) is 0 Å². The number of nitrogens with zero attached hydrogens (tertiary/aromatic N) is 2. The third-order valence-electron chi connectivity index (χ3n) is 3.05. The van der Waals surface area contributed by atoms with Gasteiger partial charge >= 0.3 is 17.8 Å². The fourth-order valence-corrected chi connectivity index (χ4v) is 2.06. The van der Waals surface area contributed by atoms with Crippen molar-refractivity contribution in [1.82, 2.24) is 9.80 Å². The number of amides is 2. The number of carbonyl (C=O) groups excluding carboxylic acids is 3. The Morgan fingerprint density at radius 1 is 1.25 bits per heavy atom. The van der Waals surface area contributed by atoms with Crippen molar-refractivity contribution in [1.29, 1.82) is 0 Å². The number of esters is 1. The molecule has 1 aliphatic rings. The number of carbonyl (C=O) groups is 3. The molecule has 0 aromatic carbocycles. The molecule has 1 atom stereocenters. The topological polar surface area (TPSA) is 66.9 Å². The van der Waals surface area contributed by atoms with Gasteiger partial charge in [-0.15, -0.1) is 0 Å². The highest BCUT2D eigenvalue weighted by Gasteiger charge is 2.38. The molecule has 1 saturated heterocycles. The standard InChI is InChI=1S/C14H24N2O4/c1-6-7-15-8-9-16(12(18)11(15)17)10(2)13(19)20-14(3,4)5/h10H,6-9H2,1-5H3. The van der Waals surface area contributed by atoms with E-state index in [0.717, 1.165) is 6.42 Å². The summed E-state index contributed by atoms with van der Waals surface area (Å²) in [5.74, 6) is -1.64. The van der Waals surface area contributed by atoms with Crippen molar-refractivity contribution >= 4 is 17.8 Å². The first kappa shape index (κ1) is 16.5. The molecule has 1 fully saturated rings. The summed E-state index contributed by atoms with van der Waals surface area (Å²) in [4.78, 5) is 38.8. The summed E-state index contributed by atoms with van der Waals surface area (Å²) in [6.45, 7) is 10.2. The third kappa shape index (κ3) is 3.95. The zero-order valence-electron chi connectivity index (χ0n) is 12.9. The number of hydrogen-bond acceptors (Lipinski definition) is 4. The molecule has 114 valence electrons. The van der Waals surface area contributed by atoms with E-state index < -0.39 is 29.4 Å². The van der Waals surface area contributed by atoms with Crippen LogP contribution in [0.1, 0.15) is 41.0 Å². The van der Waals surface area contributed by atoms with Gasteiger partial charge in [-0.25, -0.2) is 4.79 Å². The van der Waals surface area contributed by atoms with Gasteiger partial charge in [0.05, 0.1) is 0 Å². The second-order valence-electron chi connectivity index (χ2n) is 6.00. The Balaban J connectivity index is 2.71. The lowest BCUT2D eigenvalue weighted by Gasteiger charge is -2.36. The molecular formula is C14H24N2O4. The number of piperazine rings is 1. The van der Waals surface area contributed by atoms with Crippen molar-refractivity contribution in [2.45, 2.75) is 52.7 Å². The molecule has 0 N–H and O–H groups in total. The lowest BCUT2D eigenvalue weighted by molar-refractivity contribution is -0.169. The van der Waals surface area contributed by atoms with E-state index in [1.165, 1.54) is 9.80 Å². The fourth-order valence-electron chi connectivity index (χ4n) is 2.06. The van der Waals surface area contributed by atoms with Gasteiger partial charge in [0.2, 0.25) is 0 Å². The van der Waals surface area contributed by atoms with E-state index in [1.807, 2.05) is 6.92 Å². The highest BCUT2D eigenvalue weighted by Crippen LogP contribution is 2.14. The predicted molar refractivity (Wildman–Crippen MR) is 73.9 cm³/mol. The van der Waals surface area contributed by atoms with Crippen molar-refractivity contribution in [2.75, 3.05) is 19.6 Å². The average molecular weight is 284 g/mol. The molecule has 0 radical (unpaired) electrons. The van der Waals surface area contributed by atoms with Gasteiger partial charge in [-0.3, -0.25) is 9.59 Å². The van der Waals surface area contributed by atoms with E-state index in [-0.39, 0.29) is 0 Å². The largest absolute Gasteiger partial charge is 0.458 e. The quantitative estimate of drug-likeness (QED) is 0.565. The second-order valence-corrected chi connectivity index (χ2v) is 6.00. The average Bonchev–Trinajstić information content (AvgIpc) is 2.32. The Bertz CT molecular complexity index is 400. The van der Waals surface area contributed by atoms with Gasteiger partial charge in [0.25, 0.3) is 0 Å². The smallest absolute Gasteiger partial charge is 0.329 e. The maximum Gasteiger partial charge on any atom is 0.329 e. The summed E-state index contributed by atoms with van der Waals surface area (Å²) in [7, 11) is 0. The van der Waals surface area contributed by atoms with Gasteiger partial charge in [0, 0.05) is 19.6 Å². The van der Waals surface area contributed by atoms with Crippen molar-refractivity contribution < 1.29 is 19.1 Å². The summed E-state index contributed by atoms with van der Waals surface area (Å²) >= 11 is 0. The molecule has 6 nitrogen and oxygen atoms in total. The molecule has 20 heavy (non-hydrogen) atoms. The van der Waals surface area contributed by atoms with Crippen molar-refractivity contribution in [3.05, 3.63) is 0 Å². The minimum absolute atomic E-state index is 0.366. The maximum absolute atomic E-state index is 12.0. The zero-order valence-corrected chi connectivity index (χ0v) is 12.9. The van der Waals surface area contributed by atoms with Crippen LogP contribution in [0.2, 0.25) is 0 Å². The molecule has 0 aromatic heterocycles. The van der Waals surface area contributed by atoms with Gasteiger partial charge in [-0.05, 0) is 34.1 Å². The van der Waals surface area contributed by atoms with Crippen LogP contribution in [0.15, 0.2) is 0 Å². The van der Waals surface area contributed by atoms with Gasteiger partial charge < -0.3 is 14.5 Å². The summed E-state index contributed by atoms with van der Waals surface area (Å²) in [5, 5.41) is 0. The lowest BCUT2D eigenvalue weighted by atomic mass is 10.1. The minimum atomic E-state index is -0.741. The van der Waals surface area contributed by atoms with Crippen LogP contribution in [0.5, 0.6) is 0 Å². The molecule has 2 amide bonds. The number of rotatable bonds is 4. The molecule has 0 aromatic rings. The molecule has 0 spiro atoms. The van der Waals surface area contributed by atoms with Crippen molar-refractivity contribution in [3.63, 3.8) is 0 Å². The molecule has 0 saturated carbocycles. The van der Waals surface area contributed by atoms with Crippen LogP contribution in [0.25, 0.3) is 0 Å². The Kier molecular flexibility index (Phi) is 5.14.